The van der Waals surface area contributed by atoms with Crippen molar-refractivity contribution in [2.45, 2.75) is 25.8 Å². The van der Waals surface area contributed by atoms with Crippen LogP contribution in [-0.4, -0.2) is 18.4 Å². The van der Waals surface area contributed by atoms with Crippen LogP contribution in [-0.2, 0) is 4.79 Å². The van der Waals surface area contributed by atoms with Gasteiger partial charge in [-0.2, -0.15) is 0 Å². The predicted octanol–water partition coefficient (Wildman–Crippen LogP) is 3.04. The second-order valence-corrected chi connectivity index (χ2v) is 4.57. The molecule has 2 rings (SSSR count). The molecule has 1 atom stereocenters. The van der Waals surface area contributed by atoms with Gasteiger partial charge in [-0.05, 0) is 25.1 Å². The van der Waals surface area contributed by atoms with Gasteiger partial charge in [-0.15, -0.1) is 0 Å². The highest BCUT2D eigenvalue weighted by Crippen LogP contribution is 2.28. The molecule has 0 aliphatic carbocycles. The highest BCUT2D eigenvalue weighted by Gasteiger charge is 2.25. The predicted molar refractivity (Wildman–Crippen MR) is 62.5 cm³/mol. The number of ketones is 1. The standard InChI is InChI=1S/C12H13ClFNO/c1-8-6-10(16)4-5-15(8)12-7-9(13)2-3-11(12)14/h2-3,7-8H,4-6H2,1H3. The van der Waals surface area contributed by atoms with Crippen LogP contribution >= 0.6 is 11.6 Å². The van der Waals surface area contributed by atoms with Crippen LogP contribution in [0.5, 0.6) is 0 Å². The molecule has 1 aliphatic rings. The molecule has 1 unspecified atom stereocenters. The lowest BCUT2D eigenvalue weighted by molar-refractivity contribution is -0.120. The van der Waals surface area contributed by atoms with Gasteiger partial charge in [0.05, 0.1) is 5.69 Å². The average Bonchev–Trinajstić information content (AvgIpc) is 2.22. The fourth-order valence-electron chi connectivity index (χ4n) is 2.07. The zero-order valence-corrected chi connectivity index (χ0v) is 9.80. The third-order valence-electron chi connectivity index (χ3n) is 2.90. The maximum Gasteiger partial charge on any atom is 0.146 e. The maximum atomic E-state index is 13.6. The van der Waals surface area contributed by atoms with Gasteiger partial charge < -0.3 is 4.90 Å². The molecule has 0 bridgehead atoms. The molecule has 4 heteroatoms. The summed E-state index contributed by atoms with van der Waals surface area (Å²) in [6.45, 7) is 2.49. The van der Waals surface area contributed by atoms with Crippen molar-refractivity contribution in [3.63, 3.8) is 0 Å². The summed E-state index contributed by atoms with van der Waals surface area (Å²) in [5, 5.41) is 0.514. The summed E-state index contributed by atoms with van der Waals surface area (Å²) in [6, 6.07) is 4.54. The molecule has 1 heterocycles. The van der Waals surface area contributed by atoms with Crippen molar-refractivity contribution in [2.75, 3.05) is 11.4 Å². The molecule has 1 aromatic carbocycles. The van der Waals surface area contributed by atoms with Crippen molar-refractivity contribution in [1.29, 1.82) is 0 Å². The number of carbonyl (C=O) groups excluding carboxylic acids is 1. The molecule has 16 heavy (non-hydrogen) atoms. The molecule has 1 saturated heterocycles. The molecule has 0 N–H and O–H groups in total. The molecule has 1 fully saturated rings. The minimum atomic E-state index is -0.286. The summed E-state index contributed by atoms with van der Waals surface area (Å²) in [5.74, 6) is -0.0446. The fourth-order valence-corrected chi connectivity index (χ4v) is 2.24. The van der Waals surface area contributed by atoms with Gasteiger partial charge in [0.15, 0.2) is 0 Å². The first-order valence-electron chi connectivity index (χ1n) is 5.31. The molecule has 0 spiro atoms. The van der Waals surface area contributed by atoms with Gasteiger partial charge in [0.25, 0.3) is 0 Å². The van der Waals surface area contributed by atoms with Crippen LogP contribution in [0.1, 0.15) is 19.8 Å². The fraction of sp³-hybridized carbons (Fsp3) is 0.417. The number of rotatable bonds is 1. The Morgan fingerprint density at radius 3 is 2.94 bits per heavy atom. The summed E-state index contributed by atoms with van der Waals surface area (Å²) in [4.78, 5) is 13.2. The van der Waals surface area contributed by atoms with E-state index in [0.717, 1.165) is 0 Å². The summed E-state index contributed by atoms with van der Waals surface area (Å²) in [5.41, 5.74) is 0.493. The van der Waals surface area contributed by atoms with Crippen molar-refractivity contribution in [3.8, 4) is 0 Å². The van der Waals surface area contributed by atoms with Gasteiger partial charge in [0.1, 0.15) is 11.6 Å². The molecule has 1 aromatic rings. The molecule has 0 saturated carbocycles. The Morgan fingerprint density at radius 1 is 1.50 bits per heavy atom. The van der Waals surface area contributed by atoms with Gasteiger partial charge >= 0.3 is 0 Å². The Kier molecular flexibility index (Phi) is 3.15. The summed E-state index contributed by atoms with van der Waals surface area (Å²) < 4.78 is 13.6. The van der Waals surface area contributed by atoms with Crippen LogP contribution in [0.4, 0.5) is 10.1 Å². The van der Waals surface area contributed by atoms with E-state index in [2.05, 4.69) is 0 Å². The van der Waals surface area contributed by atoms with E-state index in [1.54, 1.807) is 6.07 Å². The summed E-state index contributed by atoms with van der Waals surface area (Å²) >= 11 is 5.85. The first-order valence-corrected chi connectivity index (χ1v) is 5.69. The van der Waals surface area contributed by atoms with Crippen LogP contribution in [0.25, 0.3) is 0 Å². The lowest BCUT2D eigenvalue weighted by atomic mass is 10.0. The molecule has 0 amide bonds. The van der Waals surface area contributed by atoms with Crippen LogP contribution < -0.4 is 4.90 Å². The van der Waals surface area contributed by atoms with E-state index < -0.39 is 0 Å². The van der Waals surface area contributed by atoms with Crippen molar-refractivity contribution in [3.05, 3.63) is 29.0 Å². The number of nitrogens with zero attached hydrogens (tertiary/aromatic N) is 1. The number of hydrogen-bond donors (Lipinski definition) is 0. The monoisotopic (exact) mass is 241 g/mol. The van der Waals surface area contributed by atoms with E-state index in [1.807, 2.05) is 11.8 Å². The largest absolute Gasteiger partial charge is 0.366 e. The highest BCUT2D eigenvalue weighted by molar-refractivity contribution is 6.30. The Morgan fingerprint density at radius 2 is 2.25 bits per heavy atom. The molecule has 2 nitrogen and oxygen atoms in total. The lowest BCUT2D eigenvalue weighted by Gasteiger charge is -2.34. The average molecular weight is 242 g/mol. The Bertz CT molecular complexity index is 421. The molecule has 0 aromatic heterocycles. The van der Waals surface area contributed by atoms with Gasteiger partial charge in [-0.25, -0.2) is 4.39 Å². The van der Waals surface area contributed by atoms with Crippen molar-refractivity contribution in [1.82, 2.24) is 0 Å². The molecule has 86 valence electrons. The number of carbonyl (C=O) groups is 1. The highest BCUT2D eigenvalue weighted by atomic mass is 35.5. The van der Waals surface area contributed by atoms with Crippen molar-refractivity contribution >= 4 is 23.1 Å². The normalized spacial score (nSPS) is 21.3. The quantitative estimate of drug-likeness (QED) is 0.753. The maximum absolute atomic E-state index is 13.6. The Labute approximate surface area is 99.0 Å². The third-order valence-corrected chi connectivity index (χ3v) is 3.14. The van der Waals surface area contributed by atoms with E-state index >= 15 is 0 Å². The van der Waals surface area contributed by atoms with E-state index in [9.17, 15) is 9.18 Å². The number of anilines is 1. The van der Waals surface area contributed by atoms with Gasteiger partial charge in [0.2, 0.25) is 0 Å². The first kappa shape index (κ1) is 11.4. The number of Topliss-reactive ketones (excluding diaryl/α,β-unsaturated/α-hetero) is 1. The van der Waals surface area contributed by atoms with E-state index in [0.29, 0.717) is 30.1 Å². The van der Waals surface area contributed by atoms with Crippen molar-refractivity contribution in [2.24, 2.45) is 0 Å². The smallest absolute Gasteiger partial charge is 0.146 e. The zero-order valence-electron chi connectivity index (χ0n) is 9.04. The first-order chi connectivity index (χ1) is 7.58. The number of hydrogen-bond acceptors (Lipinski definition) is 2. The molecular weight excluding hydrogens is 229 g/mol. The SMILES string of the molecule is CC1CC(=O)CCN1c1cc(Cl)ccc1F. The van der Waals surface area contributed by atoms with Crippen LogP contribution in [0.15, 0.2) is 18.2 Å². The van der Waals surface area contributed by atoms with E-state index in [1.165, 1.54) is 12.1 Å². The minimum absolute atomic E-state index is 0.0363. The Balaban J connectivity index is 2.29. The van der Waals surface area contributed by atoms with Gasteiger partial charge in [-0.3, -0.25) is 4.79 Å². The van der Waals surface area contributed by atoms with Crippen LogP contribution in [0, 0.1) is 5.82 Å². The third kappa shape index (κ3) is 2.19. The van der Waals surface area contributed by atoms with Gasteiger partial charge in [0, 0.05) is 30.5 Å². The van der Waals surface area contributed by atoms with Crippen LogP contribution in [0.2, 0.25) is 5.02 Å². The second-order valence-electron chi connectivity index (χ2n) is 4.13. The van der Waals surface area contributed by atoms with Crippen molar-refractivity contribution < 1.29 is 9.18 Å². The molecular formula is C12H13ClFNO. The summed E-state index contributed by atoms with van der Waals surface area (Å²) in [7, 11) is 0. The molecule has 1 aliphatic heterocycles. The Hall–Kier alpha value is -1.09. The summed E-state index contributed by atoms with van der Waals surface area (Å²) in [6.07, 6.45) is 0.961. The van der Waals surface area contributed by atoms with E-state index in [-0.39, 0.29) is 17.6 Å². The molecule has 0 radical (unpaired) electrons. The topological polar surface area (TPSA) is 20.3 Å². The zero-order chi connectivity index (χ0) is 11.7. The number of halogens is 2. The number of piperidine rings is 1. The lowest BCUT2D eigenvalue weighted by Crippen LogP contribution is -2.41. The minimum Gasteiger partial charge on any atom is -0.366 e. The number of benzene rings is 1. The second kappa shape index (κ2) is 4.42. The van der Waals surface area contributed by atoms with E-state index in [4.69, 9.17) is 11.6 Å². The van der Waals surface area contributed by atoms with Crippen LogP contribution in [0.3, 0.4) is 0 Å². The van der Waals surface area contributed by atoms with Gasteiger partial charge in [-0.1, -0.05) is 11.6 Å².